The average molecular weight is 237 g/mol. The van der Waals surface area contributed by atoms with Crippen molar-refractivity contribution in [3.8, 4) is 0 Å². The standard InChI is InChI=1S/C12H19N3O2/c1-9-7-10(14(2)13-9)8-15-6-4-5-11(15)12(16)17-3/h7,11H,4-6,8H2,1-3H3. The zero-order chi connectivity index (χ0) is 12.4. The van der Waals surface area contributed by atoms with E-state index in [0.717, 1.165) is 37.3 Å². The van der Waals surface area contributed by atoms with Crippen LogP contribution in [0.15, 0.2) is 6.07 Å². The summed E-state index contributed by atoms with van der Waals surface area (Å²) in [6.45, 7) is 3.69. The minimum atomic E-state index is -0.124. The van der Waals surface area contributed by atoms with Gasteiger partial charge >= 0.3 is 5.97 Å². The molecule has 0 aromatic carbocycles. The lowest BCUT2D eigenvalue weighted by molar-refractivity contribution is -0.146. The van der Waals surface area contributed by atoms with Gasteiger partial charge in [0.25, 0.3) is 0 Å². The third kappa shape index (κ3) is 2.49. The van der Waals surface area contributed by atoms with Gasteiger partial charge in [0, 0.05) is 13.6 Å². The van der Waals surface area contributed by atoms with Crippen molar-refractivity contribution in [2.75, 3.05) is 13.7 Å². The molecule has 1 aliphatic rings. The summed E-state index contributed by atoms with van der Waals surface area (Å²) in [4.78, 5) is 13.8. The van der Waals surface area contributed by atoms with Gasteiger partial charge in [-0.05, 0) is 32.4 Å². The fourth-order valence-electron chi connectivity index (χ4n) is 2.44. The van der Waals surface area contributed by atoms with E-state index >= 15 is 0 Å². The van der Waals surface area contributed by atoms with E-state index in [1.165, 1.54) is 7.11 Å². The molecule has 0 spiro atoms. The van der Waals surface area contributed by atoms with E-state index in [1.54, 1.807) is 0 Å². The summed E-state index contributed by atoms with van der Waals surface area (Å²) in [7, 11) is 3.39. The van der Waals surface area contributed by atoms with E-state index in [1.807, 2.05) is 18.7 Å². The van der Waals surface area contributed by atoms with E-state index in [9.17, 15) is 4.79 Å². The average Bonchev–Trinajstić information content (AvgIpc) is 2.86. The number of hydrogen-bond acceptors (Lipinski definition) is 4. The molecule has 5 heteroatoms. The third-order valence-electron chi connectivity index (χ3n) is 3.30. The van der Waals surface area contributed by atoms with Gasteiger partial charge in [-0.25, -0.2) is 0 Å². The largest absolute Gasteiger partial charge is 0.468 e. The van der Waals surface area contributed by atoms with Crippen LogP contribution in [0.4, 0.5) is 0 Å². The van der Waals surface area contributed by atoms with Gasteiger partial charge in [-0.1, -0.05) is 0 Å². The van der Waals surface area contributed by atoms with Crippen LogP contribution in [0.5, 0.6) is 0 Å². The predicted octanol–water partition coefficient (Wildman–Crippen LogP) is 0.866. The van der Waals surface area contributed by atoms with E-state index in [-0.39, 0.29) is 12.0 Å². The Morgan fingerprint density at radius 2 is 2.41 bits per heavy atom. The van der Waals surface area contributed by atoms with Crippen molar-refractivity contribution in [1.82, 2.24) is 14.7 Å². The molecule has 1 fully saturated rings. The fraction of sp³-hybridized carbons (Fsp3) is 0.667. The third-order valence-corrected chi connectivity index (χ3v) is 3.30. The van der Waals surface area contributed by atoms with Crippen molar-refractivity contribution in [2.45, 2.75) is 32.4 Å². The molecule has 94 valence electrons. The normalized spacial score (nSPS) is 20.8. The highest BCUT2D eigenvalue weighted by atomic mass is 16.5. The van der Waals surface area contributed by atoms with Crippen molar-refractivity contribution >= 4 is 5.97 Å². The van der Waals surface area contributed by atoms with Crippen LogP contribution in [-0.2, 0) is 23.1 Å². The molecule has 1 aliphatic heterocycles. The van der Waals surface area contributed by atoms with Crippen LogP contribution in [-0.4, -0.2) is 40.3 Å². The molecule has 2 heterocycles. The van der Waals surface area contributed by atoms with Crippen LogP contribution in [0.25, 0.3) is 0 Å². The highest BCUT2D eigenvalue weighted by Gasteiger charge is 2.31. The lowest BCUT2D eigenvalue weighted by Crippen LogP contribution is -2.36. The van der Waals surface area contributed by atoms with E-state index in [0.29, 0.717) is 0 Å². The van der Waals surface area contributed by atoms with Crippen LogP contribution in [0.2, 0.25) is 0 Å². The molecule has 1 saturated heterocycles. The van der Waals surface area contributed by atoms with Gasteiger partial charge in [-0.15, -0.1) is 0 Å². The summed E-state index contributed by atoms with van der Waals surface area (Å²) in [6, 6.07) is 1.97. The molecule has 1 unspecified atom stereocenters. The Kier molecular flexibility index (Phi) is 3.47. The molecule has 0 saturated carbocycles. The quantitative estimate of drug-likeness (QED) is 0.732. The Labute approximate surface area is 101 Å². The summed E-state index contributed by atoms with van der Waals surface area (Å²) >= 11 is 0. The number of aromatic nitrogens is 2. The minimum absolute atomic E-state index is 0.0878. The number of esters is 1. The minimum Gasteiger partial charge on any atom is -0.468 e. The highest BCUT2D eigenvalue weighted by molar-refractivity contribution is 5.75. The number of ether oxygens (including phenoxy) is 1. The number of hydrogen-bond donors (Lipinski definition) is 0. The van der Waals surface area contributed by atoms with Crippen LogP contribution in [0, 0.1) is 6.92 Å². The van der Waals surface area contributed by atoms with Crippen molar-refractivity contribution in [3.63, 3.8) is 0 Å². The summed E-state index contributed by atoms with van der Waals surface area (Å²) < 4.78 is 6.71. The number of carbonyl (C=O) groups is 1. The first-order valence-corrected chi connectivity index (χ1v) is 5.93. The Hall–Kier alpha value is -1.36. The molecule has 2 rings (SSSR count). The lowest BCUT2D eigenvalue weighted by Gasteiger charge is -2.21. The SMILES string of the molecule is COC(=O)C1CCCN1Cc1cc(C)nn1C. The molecular formula is C12H19N3O2. The number of rotatable bonds is 3. The number of carbonyl (C=O) groups excluding carboxylic acids is 1. The fourth-order valence-corrected chi connectivity index (χ4v) is 2.44. The van der Waals surface area contributed by atoms with Gasteiger partial charge < -0.3 is 4.74 Å². The number of likely N-dealkylation sites (tertiary alicyclic amines) is 1. The molecule has 5 nitrogen and oxygen atoms in total. The van der Waals surface area contributed by atoms with Crippen LogP contribution >= 0.6 is 0 Å². The van der Waals surface area contributed by atoms with Crippen molar-refractivity contribution in [3.05, 3.63) is 17.5 Å². The van der Waals surface area contributed by atoms with Gasteiger partial charge in [-0.3, -0.25) is 14.4 Å². The molecule has 1 aromatic rings. The maximum Gasteiger partial charge on any atom is 0.323 e. The smallest absolute Gasteiger partial charge is 0.323 e. The zero-order valence-electron chi connectivity index (χ0n) is 10.6. The second-order valence-corrected chi connectivity index (χ2v) is 4.55. The van der Waals surface area contributed by atoms with Gasteiger partial charge in [0.2, 0.25) is 0 Å². The maximum absolute atomic E-state index is 11.6. The summed E-state index contributed by atoms with van der Waals surface area (Å²) in [6.07, 6.45) is 1.94. The molecule has 0 amide bonds. The highest BCUT2D eigenvalue weighted by Crippen LogP contribution is 2.21. The Bertz CT molecular complexity index is 414. The van der Waals surface area contributed by atoms with Gasteiger partial charge in [0.1, 0.15) is 6.04 Å². The zero-order valence-corrected chi connectivity index (χ0v) is 10.6. The molecule has 17 heavy (non-hydrogen) atoms. The Morgan fingerprint density at radius 3 is 3.00 bits per heavy atom. The number of methoxy groups -OCH3 is 1. The number of nitrogens with zero attached hydrogens (tertiary/aromatic N) is 3. The first-order valence-electron chi connectivity index (χ1n) is 5.93. The van der Waals surface area contributed by atoms with Crippen molar-refractivity contribution in [2.24, 2.45) is 7.05 Å². The van der Waals surface area contributed by atoms with E-state index in [2.05, 4.69) is 16.1 Å². The van der Waals surface area contributed by atoms with Gasteiger partial charge in [0.15, 0.2) is 0 Å². The van der Waals surface area contributed by atoms with Crippen LogP contribution in [0.3, 0.4) is 0 Å². The molecule has 0 N–H and O–H groups in total. The molecule has 0 aliphatic carbocycles. The predicted molar refractivity (Wildman–Crippen MR) is 63.4 cm³/mol. The van der Waals surface area contributed by atoms with Gasteiger partial charge in [-0.2, -0.15) is 5.10 Å². The van der Waals surface area contributed by atoms with Crippen molar-refractivity contribution in [1.29, 1.82) is 0 Å². The van der Waals surface area contributed by atoms with E-state index < -0.39 is 0 Å². The lowest BCUT2D eigenvalue weighted by atomic mass is 10.2. The monoisotopic (exact) mass is 237 g/mol. The summed E-state index contributed by atoms with van der Waals surface area (Å²) in [5.41, 5.74) is 2.15. The maximum atomic E-state index is 11.6. The first-order chi connectivity index (χ1) is 8.11. The van der Waals surface area contributed by atoms with Crippen molar-refractivity contribution < 1.29 is 9.53 Å². The Balaban J connectivity index is 2.07. The number of aryl methyl sites for hydroxylation is 2. The molecule has 0 radical (unpaired) electrons. The molecule has 0 bridgehead atoms. The van der Waals surface area contributed by atoms with Gasteiger partial charge in [0.05, 0.1) is 18.5 Å². The first kappa shape index (κ1) is 12.1. The summed E-state index contributed by atoms with van der Waals surface area (Å²) in [5.74, 6) is -0.124. The van der Waals surface area contributed by atoms with Crippen LogP contribution in [0.1, 0.15) is 24.2 Å². The molecule has 1 aromatic heterocycles. The van der Waals surface area contributed by atoms with E-state index in [4.69, 9.17) is 4.74 Å². The summed E-state index contributed by atoms with van der Waals surface area (Å²) in [5, 5.41) is 4.32. The Morgan fingerprint density at radius 1 is 1.65 bits per heavy atom. The molecule has 1 atom stereocenters. The second kappa shape index (κ2) is 4.87. The molecular weight excluding hydrogens is 218 g/mol. The second-order valence-electron chi connectivity index (χ2n) is 4.55. The van der Waals surface area contributed by atoms with Crippen LogP contribution < -0.4 is 0 Å². The topological polar surface area (TPSA) is 47.4 Å².